The van der Waals surface area contributed by atoms with E-state index in [1.165, 1.54) is 0 Å². The van der Waals surface area contributed by atoms with Crippen molar-refractivity contribution in [3.63, 3.8) is 0 Å². The number of hydrogen-bond donors (Lipinski definition) is 1. The number of aryl methyl sites for hydroxylation is 2. The van der Waals surface area contributed by atoms with Crippen LogP contribution in [-0.2, 0) is 13.5 Å². The van der Waals surface area contributed by atoms with Crippen LogP contribution in [0.3, 0.4) is 0 Å². The maximum Gasteiger partial charge on any atom is 0.258 e. The van der Waals surface area contributed by atoms with Crippen LogP contribution in [0, 0.1) is 6.92 Å². The van der Waals surface area contributed by atoms with Gasteiger partial charge in [0.05, 0.1) is 22.0 Å². The smallest absolute Gasteiger partial charge is 0.258 e. The third-order valence-electron chi connectivity index (χ3n) is 3.90. The van der Waals surface area contributed by atoms with Crippen LogP contribution >= 0.6 is 11.6 Å². The van der Waals surface area contributed by atoms with Gasteiger partial charge in [-0.05, 0) is 37.6 Å². The lowest BCUT2D eigenvalue weighted by molar-refractivity contribution is 0.102. The Morgan fingerprint density at radius 2 is 2.17 bits per heavy atom. The number of aromatic nitrogens is 4. The van der Waals surface area contributed by atoms with Crippen LogP contribution in [0.5, 0.6) is 0 Å². The fourth-order valence-electron chi connectivity index (χ4n) is 2.71. The van der Waals surface area contributed by atoms with Gasteiger partial charge in [0.2, 0.25) is 0 Å². The molecule has 24 heavy (non-hydrogen) atoms. The first-order valence-corrected chi connectivity index (χ1v) is 8.02. The summed E-state index contributed by atoms with van der Waals surface area (Å²) in [6.07, 6.45) is 4.28. The molecule has 0 aliphatic rings. The molecule has 6 nitrogen and oxygen atoms in total. The van der Waals surface area contributed by atoms with Crippen LogP contribution < -0.4 is 5.32 Å². The Morgan fingerprint density at radius 3 is 2.83 bits per heavy atom. The topological polar surface area (TPSA) is 64.7 Å². The minimum atomic E-state index is -0.272. The summed E-state index contributed by atoms with van der Waals surface area (Å²) in [5, 5.41) is 11.9. The first-order valence-electron chi connectivity index (χ1n) is 7.64. The van der Waals surface area contributed by atoms with Crippen molar-refractivity contribution in [2.75, 3.05) is 5.32 Å². The van der Waals surface area contributed by atoms with E-state index in [2.05, 4.69) is 15.5 Å². The Bertz CT molecular complexity index is 883. The van der Waals surface area contributed by atoms with Gasteiger partial charge in [0.25, 0.3) is 5.91 Å². The number of halogens is 1. The molecule has 0 saturated carbocycles. The lowest BCUT2D eigenvalue weighted by Gasteiger charge is -2.10. The summed E-state index contributed by atoms with van der Waals surface area (Å²) in [5.41, 5.74) is 3.09. The molecular weight excluding hydrogens is 326 g/mol. The number of amides is 1. The molecule has 0 radical (unpaired) electrons. The van der Waals surface area contributed by atoms with Crippen LogP contribution in [0.4, 0.5) is 5.82 Å². The third-order valence-corrected chi connectivity index (χ3v) is 4.22. The fourth-order valence-corrected chi connectivity index (χ4v) is 2.91. The second-order valence-corrected chi connectivity index (χ2v) is 5.87. The standard InChI is InChI=1S/C17H18ClN5O/c1-4-13-11(2)21-22(3)16(13)20-17(24)14-10-12(6-7-15(14)18)23-9-5-8-19-23/h5-10H,4H2,1-3H3,(H,20,24). The first-order chi connectivity index (χ1) is 11.5. The molecule has 2 aromatic heterocycles. The van der Waals surface area contributed by atoms with Crippen molar-refractivity contribution in [1.82, 2.24) is 19.6 Å². The highest BCUT2D eigenvalue weighted by molar-refractivity contribution is 6.34. The Balaban J connectivity index is 1.95. The minimum absolute atomic E-state index is 0.272. The van der Waals surface area contributed by atoms with E-state index in [1.807, 2.05) is 39.2 Å². The van der Waals surface area contributed by atoms with Crippen molar-refractivity contribution in [3.8, 4) is 5.69 Å². The van der Waals surface area contributed by atoms with Crippen molar-refractivity contribution < 1.29 is 4.79 Å². The molecule has 1 aromatic carbocycles. The van der Waals surface area contributed by atoms with Crippen LogP contribution in [0.15, 0.2) is 36.7 Å². The van der Waals surface area contributed by atoms with E-state index >= 15 is 0 Å². The monoisotopic (exact) mass is 343 g/mol. The van der Waals surface area contributed by atoms with Crippen LogP contribution in [0.25, 0.3) is 5.69 Å². The zero-order valence-electron chi connectivity index (χ0n) is 13.7. The Labute approximate surface area is 145 Å². The number of anilines is 1. The summed E-state index contributed by atoms with van der Waals surface area (Å²) in [4.78, 5) is 12.7. The molecule has 0 unspecified atom stereocenters. The van der Waals surface area contributed by atoms with Gasteiger partial charge in [-0.15, -0.1) is 0 Å². The minimum Gasteiger partial charge on any atom is -0.306 e. The molecule has 0 saturated heterocycles. The van der Waals surface area contributed by atoms with Gasteiger partial charge in [-0.2, -0.15) is 10.2 Å². The maximum absolute atomic E-state index is 12.7. The molecule has 2 heterocycles. The third kappa shape index (κ3) is 2.92. The fraction of sp³-hybridized carbons (Fsp3) is 0.235. The molecule has 3 aromatic rings. The Morgan fingerprint density at radius 1 is 1.38 bits per heavy atom. The summed E-state index contributed by atoms with van der Waals surface area (Å²) in [5.74, 6) is 0.423. The summed E-state index contributed by atoms with van der Waals surface area (Å²) < 4.78 is 3.36. The zero-order valence-corrected chi connectivity index (χ0v) is 14.5. The second-order valence-electron chi connectivity index (χ2n) is 5.46. The van der Waals surface area contributed by atoms with Crippen molar-refractivity contribution >= 4 is 23.3 Å². The summed E-state index contributed by atoms with van der Waals surface area (Å²) in [7, 11) is 1.81. The number of hydrogen-bond acceptors (Lipinski definition) is 3. The normalized spacial score (nSPS) is 10.8. The van der Waals surface area contributed by atoms with E-state index in [0.717, 1.165) is 23.4 Å². The van der Waals surface area contributed by atoms with E-state index in [0.29, 0.717) is 16.4 Å². The van der Waals surface area contributed by atoms with Crippen molar-refractivity contribution in [1.29, 1.82) is 0 Å². The maximum atomic E-state index is 12.7. The number of carbonyl (C=O) groups is 1. The van der Waals surface area contributed by atoms with Gasteiger partial charge in [0.15, 0.2) is 0 Å². The van der Waals surface area contributed by atoms with Gasteiger partial charge in [0, 0.05) is 25.0 Å². The number of nitrogens with one attached hydrogen (secondary N) is 1. The van der Waals surface area contributed by atoms with Crippen LogP contribution in [0.1, 0.15) is 28.5 Å². The lowest BCUT2D eigenvalue weighted by atomic mass is 10.1. The van der Waals surface area contributed by atoms with E-state index in [1.54, 1.807) is 27.7 Å². The van der Waals surface area contributed by atoms with Gasteiger partial charge >= 0.3 is 0 Å². The zero-order chi connectivity index (χ0) is 17.3. The van der Waals surface area contributed by atoms with E-state index in [-0.39, 0.29) is 5.91 Å². The molecule has 0 aliphatic carbocycles. The van der Waals surface area contributed by atoms with E-state index < -0.39 is 0 Å². The molecule has 1 N–H and O–H groups in total. The van der Waals surface area contributed by atoms with E-state index in [9.17, 15) is 4.79 Å². The predicted molar refractivity (Wildman–Crippen MR) is 93.9 cm³/mol. The molecule has 124 valence electrons. The van der Waals surface area contributed by atoms with Gasteiger partial charge in [-0.3, -0.25) is 9.48 Å². The number of rotatable bonds is 4. The molecule has 0 bridgehead atoms. The molecule has 0 aliphatic heterocycles. The highest BCUT2D eigenvalue weighted by atomic mass is 35.5. The molecule has 1 amide bonds. The Hall–Kier alpha value is -2.60. The highest BCUT2D eigenvalue weighted by Crippen LogP contribution is 2.24. The van der Waals surface area contributed by atoms with Gasteiger partial charge in [0.1, 0.15) is 5.82 Å². The summed E-state index contributed by atoms with van der Waals surface area (Å²) >= 11 is 6.22. The summed E-state index contributed by atoms with van der Waals surface area (Å²) in [6.45, 7) is 3.96. The van der Waals surface area contributed by atoms with Gasteiger partial charge in [-0.1, -0.05) is 18.5 Å². The molecule has 0 fully saturated rings. The van der Waals surface area contributed by atoms with E-state index in [4.69, 9.17) is 11.6 Å². The molecular formula is C17H18ClN5O. The van der Waals surface area contributed by atoms with Crippen molar-refractivity contribution in [2.24, 2.45) is 7.05 Å². The average molecular weight is 344 g/mol. The van der Waals surface area contributed by atoms with Crippen LogP contribution in [0.2, 0.25) is 5.02 Å². The first kappa shape index (κ1) is 16.3. The van der Waals surface area contributed by atoms with Crippen molar-refractivity contribution in [2.45, 2.75) is 20.3 Å². The second kappa shape index (κ2) is 6.49. The molecule has 0 atom stereocenters. The largest absolute Gasteiger partial charge is 0.306 e. The molecule has 7 heteroatoms. The lowest BCUT2D eigenvalue weighted by Crippen LogP contribution is -2.16. The average Bonchev–Trinajstić information content (AvgIpc) is 3.17. The SMILES string of the molecule is CCc1c(C)nn(C)c1NC(=O)c1cc(-n2cccn2)ccc1Cl. The van der Waals surface area contributed by atoms with Crippen LogP contribution in [-0.4, -0.2) is 25.5 Å². The number of nitrogens with zero attached hydrogens (tertiary/aromatic N) is 4. The number of benzene rings is 1. The molecule has 3 rings (SSSR count). The van der Waals surface area contributed by atoms with Gasteiger partial charge in [-0.25, -0.2) is 4.68 Å². The van der Waals surface area contributed by atoms with Gasteiger partial charge < -0.3 is 5.32 Å². The highest BCUT2D eigenvalue weighted by Gasteiger charge is 2.17. The summed E-state index contributed by atoms with van der Waals surface area (Å²) in [6, 6.07) is 7.06. The quantitative estimate of drug-likeness (QED) is 0.789. The number of carbonyl (C=O) groups excluding carboxylic acids is 1. The predicted octanol–water partition coefficient (Wildman–Crippen LogP) is 3.38. The molecule has 0 spiro atoms. The Kier molecular flexibility index (Phi) is 4.40. The van der Waals surface area contributed by atoms with Crippen molar-refractivity contribution in [3.05, 3.63) is 58.5 Å².